The molecule has 0 heterocycles. The molecule has 0 spiro atoms. The van der Waals surface area contributed by atoms with Crippen molar-refractivity contribution in [3.05, 3.63) is 27.8 Å². The van der Waals surface area contributed by atoms with Crippen LogP contribution >= 0.6 is 11.6 Å². The minimum atomic E-state index is -1.01. The first kappa shape index (κ1) is 11.2. The van der Waals surface area contributed by atoms with Gasteiger partial charge in [0.15, 0.2) is 11.6 Å². The second kappa shape index (κ2) is 3.73. The Morgan fingerprint density at radius 2 is 1.71 bits per heavy atom. The van der Waals surface area contributed by atoms with Crippen LogP contribution in [0, 0.1) is 18.6 Å². The molecule has 0 aliphatic heterocycles. The number of hydrogen-bond donors (Lipinski definition) is 1. The second-order valence-corrected chi connectivity index (χ2v) is 3.86. The predicted molar refractivity (Wildman–Crippen MR) is 51.9 cm³/mol. The van der Waals surface area contributed by atoms with Gasteiger partial charge in [-0.1, -0.05) is 25.4 Å². The summed E-state index contributed by atoms with van der Waals surface area (Å²) in [6.45, 7) is 4.64. The van der Waals surface area contributed by atoms with E-state index in [0.717, 1.165) is 0 Å². The van der Waals surface area contributed by atoms with E-state index in [-0.39, 0.29) is 27.8 Å². The number of benzene rings is 1. The van der Waals surface area contributed by atoms with Gasteiger partial charge in [0.05, 0.1) is 5.02 Å². The maximum Gasteiger partial charge on any atom is 0.166 e. The van der Waals surface area contributed by atoms with Crippen LogP contribution in [0.25, 0.3) is 0 Å². The highest BCUT2D eigenvalue weighted by atomic mass is 35.5. The summed E-state index contributed by atoms with van der Waals surface area (Å²) < 4.78 is 26.6. The van der Waals surface area contributed by atoms with Crippen LogP contribution in [0.1, 0.15) is 30.9 Å². The van der Waals surface area contributed by atoms with Crippen LogP contribution in [0.3, 0.4) is 0 Å². The van der Waals surface area contributed by atoms with E-state index < -0.39 is 11.6 Å². The lowest BCUT2D eigenvalue weighted by Crippen LogP contribution is -2.01. The zero-order valence-corrected chi connectivity index (χ0v) is 8.91. The Morgan fingerprint density at radius 1 is 1.21 bits per heavy atom. The molecule has 0 unspecified atom stereocenters. The first-order valence-corrected chi connectivity index (χ1v) is 4.61. The highest BCUT2D eigenvalue weighted by Crippen LogP contribution is 2.38. The molecule has 0 aliphatic rings. The lowest BCUT2D eigenvalue weighted by molar-refractivity contribution is 0.433. The van der Waals surface area contributed by atoms with Crippen LogP contribution in [0.2, 0.25) is 5.02 Å². The Morgan fingerprint density at radius 3 is 2.14 bits per heavy atom. The van der Waals surface area contributed by atoms with Gasteiger partial charge in [-0.05, 0) is 12.8 Å². The largest absolute Gasteiger partial charge is 0.506 e. The number of hydrogen-bond acceptors (Lipinski definition) is 1. The summed E-state index contributed by atoms with van der Waals surface area (Å²) in [5, 5.41) is 9.40. The van der Waals surface area contributed by atoms with Crippen molar-refractivity contribution < 1.29 is 13.9 Å². The fourth-order valence-corrected chi connectivity index (χ4v) is 1.49. The minimum absolute atomic E-state index is 0.0638. The maximum atomic E-state index is 13.4. The Labute approximate surface area is 86.3 Å². The third kappa shape index (κ3) is 1.57. The Balaban J connectivity index is 3.60. The Bertz CT molecular complexity index is 346. The number of phenols is 1. The van der Waals surface area contributed by atoms with Gasteiger partial charge < -0.3 is 5.11 Å². The predicted octanol–water partition coefficient (Wildman–Crippen LogP) is 3.76. The van der Waals surface area contributed by atoms with Gasteiger partial charge in [0.1, 0.15) is 5.75 Å². The number of rotatable bonds is 1. The van der Waals surface area contributed by atoms with Gasteiger partial charge >= 0.3 is 0 Å². The first-order chi connectivity index (χ1) is 6.37. The normalized spacial score (nSPS) is 11.1. The van der Waals surface area contributed by atoms with Crippen LogP contribution in [-0.4, -0.2) is 5.11 Å². The van der Waals surface area contributed by atoms with Crippen molar-refractivity contribution in [3.63, 3.8) is 0 Å². The average Bonchev–Trinajstić information content (AvgIpc) is 2.11. The van der Waals surface area contributed by atoms with Crippen molar-refractivity contribution >= 4 is 11.6 Å². The van der Waals surface area contributed by atoms with Crippen molar-refractivity contribution in [2.75, 3.05) is 0 Å². The molecule has 0 radical (unpaired) electrons. The summed E-state index contributed by atoms with van der Waals surface area (Å²) >= 11 is 5.65. The van der Waals surface area contributed by atoms with Crippen molar-refractivity contribution in [1.82, 2.24) is 0 Å². The molecular weight excluding hydrogens is 210 g/mol. The Hall–Kier alpha value is -0.830. The number of halogens is 3. The van der Waals surface area contributed by atoms with Crippen molar-refractivity contribution in [2.45, 2.75) is 26.7 Å². The van der Waals surface area contributed by atoms with Gasteiger partial charge in [0.25, 0.3) is 0 Å². The molecule has 78 valence electrons. The quantitative estimate of drug-likeness (QED) is 0.715. The van der Waals surface area contributed by atoms with Crippen LogP contribution in [0.4, 0.5) is 8.78 Å². The molecule has 0 bridgehead atoms. The van der Waals surface area contributed by atoms with E-state index >= 15 is 0 Å². The highest BCUT2D eigenvalue weighted by Gasteiger charge is 2.22. The van der Waals surface area contributed by atoms with Crippen LogP contribution in [0.5, 0.6) is 5.75 Å². The molecule has 0 fully saturated rings. The standard InChI is InChI=1S/C10H11ClF2O/c1-4(2)6-9(13)8(12)5(3)7(11)10(6)14/h4,14H,1-3H3. The minimum Gasteiger partial charge on any atom is -0.506 e. The van der Waals surface area contributed by atoms with Crippen LogP contribution in [0.15, 0.2) is 0 Å². The van der Waals surface area contributed by atoms with E-state index in [2.05, 4.69) is 0 Å². The molecule has 1 aromatic carbocycles. The molecule has 1 aromatic rings. The van der Waals surface area contributed by atoms with Gasteiger partial charge in [0, 0.05) is 11.1 Å². The van der Waals surface area contributed by atoms with E-state index in [4.69, 9.17) is 11.6 Å². The molecule has 0 aliphatic carbocycles. The van der Waals surface area contributed by atoms with Crippen LogP contribution < -0.4 is 0 Å². The van der Waals surface area contributed by atoms with E-state index in [0.29, 0.717) is 0 Å². The maximum absolute atomic E-state index is 13.4. The van der Waals surface area contributed by atoms with Gasteiger partial charge in [0.2, 0.25) is 0 Å². The van der Waals surface area contributed by atoms with Gasteiger partial charge in [-0.25, -0.2) is 8.78 Å². The smallest absolute Gasteiger partial charge is 0.166 e. The van der Waals surface area contributed by atoms with Gasteiger partial charge in [-0.2, -0.15) is 0 Å². The molecule has 1 rings (SSSR count). The lowest BCUT2D eigenvalue weighted by atomic mass is 9.99. The summed E-state index contributed by atoms with van der Waals surface area (Å²) in [6, 6.07) is 0. The molecule has 4 heteroatoms. The molecule has 14 heavy (non-hydrogen) atoms. The molecule has 0 aromatic heterocycles. The van der Waals surface area contributed by atoms with Crippen LogP contribution in [-0.2, 0) is 0 Å². The SMILES string of the molecule is Cc1c(F)c(F)c(C(C)C)c(O)c1Cl. The number of aromatic hydroxyl groups is 1. The third-order valence-electron chi connectivity index (χ3n) is 2.13. The van der Waals surface area contributed by atoms with E-state index in [1.807, 2.05) is 0 Å². The summed E-state index contributed by atoms with van der Waals surface area (Å²) in [6.07, 6.45) is 0. The topological polar surface area (TPSA) is 20.2 Å². The highest BCUT2D eigenvalue weighted by molar-refractivity contribution is 6.32. The zero-order chi connectivity index (χ0) is 11.0. The third-order valence-corrected chi connectivity index (χ3v) is 2.59. The van der Waals surface area contributed by atoms with Gasteiger partial charge in [-0.15, -0.1) is 0 Å². The zero-order valence-electron chi connectivity index (χ0n) is 8.16. The molecular formula is C10H11ClF2O. The molecule has 0 atom stereocenters. The Kier molecular flexibility index (Phi) is 3.00. The molecule has 0 saturated carbocycles. The molecule has 1 N–H and O–H groups in total. The fourth-order valence-electron chi connectivity index (χ4n) is 1.31. The van der Waals surface area contributed by atoms with E-state index in [1.165, 1.54) is 6.92 Å². The lowest BCUT2D eigenvalue weighted by Gasteiger charge is -2.13. The summed E-state index contributed by atoms with van der Waals surface area (Å²) in [4.78, 5) is 0. The summed E-state index contributed by atoms with van der Waals surface area (Å²) in [5.74, 6) is -2.68. The van der Waals surface area contributed by atoms with E-state index in [9.17, 15) is 13.9 Å². The first-order valence-electron chi connectivity index (χ1n) is 4.23. The van der Waals surface area contributed by atoms with E-state index in [1.54, 1.807) is 13.8 Å². The number of phenolic OH excluding ortho intramolecular Hbond substituents is 1. The molecule has 0 saturated heterocycles. The van der Waals surface area contributed by atoms with Crippen molar-refractivity contribution in [3.8, 4) is 5.75 Å². The van der Waals surface area contributed by atoms with Crippen molar-refractivity contribution in [1.29, 1.82) is 0 Å². The van der Waals surface area contributed by atoms with Gasteiger partial charge in [-0.3, -0.25) is 0 Å². The summed E-state index contributed by atoms with van der Waals surface area (Å²) in [7, 11) is 0. The summed E-state index contributed by atoms with van der Waals surface area (Å²) in [5.41, 5.74) is -0.135. The average molecular weight is 221 g/mol. The molecule has 0 amide bonds. The second-order valence-electron chi connectivity index (χ2n) is 3.48. The monoisotopic (exact) mass is 220 g/mol. The fraction of sp³-hybridized carbons (Fsp3) is 0.400. The van der Waals surface area contributed by atoms with Crippen molar-refractivity contribution in [2.24, 2.45) is 0 Å². The molecule has 1 nitrogen and oxygen atoms in total.